The van der Waals surface area contributed by atoms with Crippen LogP contribution >= 0.6 is 0 Å². The van der Waals surface area contributed by atoms with Crippen molar-refractivity contribution in [2.75, 3.05) is 7.11 Å². The zero-order chi connectivity index (χ0) is 17.1. The lowest BCUT2D eigenvalue weighted by atomic mass is 10.1. The van der Waals surface area contributed by atoms with Crippen molar-refractivity contribution < 1.29 is 4.74 Å². The number of fused-ring (bicyclic) bond motifs is 1. The number of nitrogens with zero attached hydrogens (tertiary/aromatic N) is 3. The third kappa shape index (κ3) is 2.97. The van der Waals surface area contributed by atoms with Crippen LogP contribution in [0.3, 0.4) is 0 Å². The maximum Gasteiger partial charge on any atom is 0.119 e. The number of ether oxygens (including phenoxy) is 1. The molecule has 4 heteroatoms. The van der Waals surface area contributed by atoms with Crippen molar-refractivity contribution in [1.82, 2.24) is 0 Å². The Hall–Kier alpha value is -3.19. The summed E-state index contributed by atoms with van der Waals surface area (Å²) in [5, 5.41) is 20.2. The van der Waals surface area contributed by atoms with Crippen LogP contribution in [0.2, 0.25) is 0 Å². The Kier molecular flexibility index (Phi) is 4.26. The fourth-order valence-electron chi connectivity index (χ4n) is 2.70. The molecule has 24 heavy (non-hydrogen) atoms. The summed E-state index contributed by atoms with van der Waals surface area (Å²) in [5.41, 5.74) is 3.85. The van der Waals surface area contributed by atoms with E-state index >= 15 is 0 Å². The number of aryl methyl sites for hydroxylation is 2. The van der Waals surface area contributed by atoms with Crippen LogP contribution in [0.4, 0.5) is 11.4 Å². The van der Waals surface area contributed by atoms with Gasteiger partial charge in [0.05, 0.1) is 18.4 Å². The Morgan fingerprint density at radius 1 is 0.917 bits per heavy atom. The van der Waals surface area contributed by atoms with Gasteiger partial charge in [-0.15, -0.1) is 10.2 Å². The second-order valence-electron chi connectivity index (χ2n) is 5.64. The van der Waals surface area contributed by atoms with Crippen LogP contribution in [0.1, 0.15) is 16.7 Å². The largest absolute Gasteiger partial charge is 0.497 e. The first kappa shape index (κ1) is 15.7. The molecule has 3 rings (SSSR count). The second kappa shape index (κ2) is 6.51. The Morgan fingerprint density at radius 3 is 2.12 bits per heavy atom. The molecule has 0 aliphatic heterocycles. The summed E-state index contributed by atoms with van der Waals surface area (Å²) in [6.45, 7) is 3.94. The number of rotatable bonds is 3. The van der Waals surface area contributed by atoms with Crippen molar-refractivity contribution in [1.29, 1.82) is 5.26 Å². The van der Waals surface area contributed by atoms with Crippen LogP contribution < -0.4 is 4.74 Å². The lowest BCUT2D eigenvalue weighted by Crippen LogP contribution is -1.87. The van der Waals surface area contributed by atoms with Gasteiger partial charge in [-0.25, -0.2) is 0 Å². The van der Waals surface area contributed by atoms with Gasteiger partial charge in [-0.2, -0.15) is 5.26 Å². The zero-order valence-corrected chi connectivity index (χ0v) is 13.9. The lowest BCUT2D eigenvalue weighted by Gasteiger charge is -2.07. The van der Waals surface area contributed by atoms with E-state index in [4.69, 9.17) is 4.74 Å². The van der Waals surface area contributed by atoms with Crippen LogP contribution in [-0.2, 0) is 0 Å². The van der Waals surface area contributed by atoms with Gasteiger partial charge in [0, 0.05) is 0 Å². The average molecular weight is 315 g/mol. The molecule has 0 heterocycles. The highest BCUT2D eigenvalue weighted by Crippen LogP contribution is 2.32. The van der Waals surface area contributed by atoms with E-state index in [0.29, 0.717) is 11.3 Å². The molecule has 3 aromatic rings. The zero-order valence-electron chi connectivity index (χ0n) is 13.9. The van der Waals surface area contributed by atoms with Gasteiger partial charge < -0.3 is 4.74 Å². The molecule has 0 radical (unpaired) electrons. The smallest absolute Gasteiger partial charge is 0.119 e. The maximum absolute atomic E-state index is 9.38. The molecule has 4 nitrogen and oxygen atoms in total. The second-order valence-corrected chi connectivity index (χ2v) is 5.64. The highest BCUT2D eigenvalue weighted by Gasteiger charge is 2.07. The number of benzene rings is 3. The standard InChI is InChI=1S/C20H17N3O/c1-13-8-18(24-3)9-14(2)20(13)23-22-19-11-16-7-5-4-6-15(16)10-17(19)12-21/h4-11H,1-3H3. The SMILES string of the molecule is COc1cc(C)c(N=Nc2cc3ccccc3cc2C#N)c(C)c1. The molecule has 0 aromatic heterocycles. The number of azo groups is 1. The fraction of sp³-hybridized carbons (Fsp3) is 0.150. The quantitative estimate of drug-likeness (QED) is 0.577. The van der Waals surface area contributed by atoms with E-state index in [1.807, 2.05) is 62.4 Å². The van der Waals surface area contributed by atoms with E-state index < -0.39 is 0 Å². The van der Waals surface area contributed by atoms with Crippen molar-refractivity contribution >= 4 is 22.1 Å². The predicted molar refractivity (Wildman–Crippen MR) is 95.3 cm³/mol. The highest BCUT2D eigenvalue weighted by molar-refractivity contribution is 5.87. The molecule has 0 unspecified atom stereocenters. The number of hydrogen-bond donors (Lipinski definition) is 0. The van der Waals surface area contributed by atoms with Crippen molar-refractivity contribution in [3.05, 3.63) is 65.2 Å². The molecule has 0 aliphatic carbocycles. The molecular weight excluding hydrogens is 298 g/mol. The number of methoxy groups -OCH3 is 1. The summed E-state index contributed by atoms with van der Waals surface area (Å²) in [7, 11) is 1.64. The first-order chi connectivity index (χ1) is 11.6. The van der Waals surface area contributed by atoms with Crippen molar-refractivity contribution in [3.8, 4) is 11.8 Å². The highest BCUT2D eigenvalue weighted by atomic mass is 16.5. The normalized spacial score (nSPS) is 10.9. The minimum Gasteiger partial charge on any atom is -0.497 e. The van der Waals surface area contributed by atoms with Gasteiger partial charge in [0.25, 0.3) is 0 Å². The Morgan fingerprint density at radius 2 is 1.54 bits per heavy atom. The average Bonchev–Trinajstić information content (AvgIpc) is 2.60. The van der Waals surface area contributed by atoms with Gasteiger partial charge in [-0.1, -0.05) is 24.3 Å². The van der Waals surface area contributed by atoms with Gasteiger partial charge >= 0.3 is 0 Å². The predicted octanol–water partition coefficient (Wildman–Crippen LogP) is 5.75. The minimum atomic E-state index is 0.515. The molecule has 0 atom stereocenters. The first-order valence-corrected chi connectivity index (χ1v) is 7.62. The molecule has 0 saturated carbocycles. The third-order valence-electron chi connectivity index (χ3n) is 3.94. The summed E-state index contributed by atoms with van der Waals surface area (Å²) >= 11 is 0. The van der Waals surface area contributed by atoms with Gasteiger partial charge in [0.2, 0.25) is 0 Å². The Balaban J connectivity index is 2.07. The van der Waals surface area contributed by atoms with Crippen LogP contribution in [0, 0.1) is 25.2 Å². The molecule has 0 N–H and O–H groups in total. The molecule has 0 amide bonds. The summed E-state index contributed by atoms with van der Waals surface area (Å²) in [4.78, 5) is 0. The van der Waals surface area contributed by atoms with Gasteiger partial charge in [0.15, 0.2) is 0 Å². The third-order valence-corrected chi connectivity index (χ3v) is 3.94. The fourth-order valence-corrected chi connectivity index (χ4v) is 2.70. The monoisotopic (exact) mass is 315 g/mol. The Labute approximate surface area is 141 Å². The molecule has 0 saturated heterocycles. The van der Waals surface area contributed by atoms with E-state index in [1.165, 1.54) is 0 Å². The number of hydrogen-bond acceptors (Lipinski definition) is 4. The van der Waals surface area contributed by atoms with Crippen LogP contribution in [0.5, 0.6) is 5.75 Å². The molecule has 118 valence electrons. The summed E-state index contributed by atoms with van der Waals surface area (Å²) in [6.07, 6.45) is 0. The minimum absolute atomic E-state index is 0.515. The van der Waals surface area contributed by atoms with Gasteiger partial charge in [-0.05, 0) is 60.0 Å². The van der Waals surface area contributed by atoms with Gasteiger partial charge in [-0.3, -0.25) is 0 Å². The van der Waals surface area contributed by atoms with Crippen LogP contribution in [0.25, 0.3) is 10.8 Å². The molecular formula is C20H17N3O. The number of nitriles is 1. The van der Waals surface area contributed by atoms with Gasteiger partial charge in [0.1, 0.15) is 17.5 Å². The van der Waals surface area contributed by atoms with Crippen LogP contribution in [-0.4, -0.2) is 7.11 Å². The van der Waals surface area contributed by atoms with E-state index in [2.05, 4.69) is 16.3 Å². The molecule has 0 spiro atoms. The van der Waals surface area contributed by atoms with E-state index in [9.17, 15) is 5.26 Å². The van der Waals surface area contributed by atoms with Crippen LogP contribution in [0.15, 0.2) is 58.8 Å². The van der Waals surface area contributed by atoms with E-state index in [0.717, 1.165) is 33.3 Å². The topological polar surface area (TPSA) is 57.7 Å². The van der Waals surface area contributed by atoms with E-state index in [-0.39, 0.29) is 0 Å². The van der Waals surface area contributed by atoms with Crippen molar-refractivity contribution in [2.45, 2.75) is 13.8 Å². The Bertz CT molecular complexity index is 961. The first-order valence-electron chi connectivity index (χ1n) is 7.62. The van der Waals surface area contributed by atoms with Crippen molar-refractivity contribution in [2.24, 2.45) is 10.2 Å². The molecule has 0 aliphatic rings. The summed E-state index contributed by atoms with van der Waals surface area (Å²) < 4.78 is 5.26. The maximum atomic E-state index is 9.38. The lowest BCUT2D eigenvalue weighted by molar-refractivity contribution is 0.414. The molecule has 3 aromatic carbocycles. The summed E-state index contributed by atoms with van der Waals surface area (Å²) in [6, 6.07) is 17.7. The van der Waals surface area contributed by atoms with Crippen molar-refractivity contribution in [3.63, 3.8) is 0 Å². The summed E-state index contributed by atoms with van der Waals surface area (Å²) in [5.74, 6) is 0.798. The molecule has 0 fully saturated rings. The van der Waals surface area contributed by atoms with E-state index in [1.54, 1.807) is 7.11 Å². The molecule has 0 bridgehead atoms.